The van der Waals surface area contributed by atoms with Gasteiger partial charge >= 0.3 is 0 Å². The summed E-state index contributed by atoms with van der Waals surface area (Å²) in [5.74, 6) is -0.361. The summed E-state index contributed by atoms with van der Waals surface area (Å²) in [4.78, 5) is 33.2. The van der Waals surface area contributed by atoms with E-state index >= 15 is 0 Å². The highest BCUT2D eigenvalue weighted by Crippen LogP contribution is 2.25. The highest BCUT2D eigenvalue weighted by Gasteiger charge is 2.27. The summed E-state index contributed by atoms with van der Waals surface area (Å²) in [6, 6.07) is 16.0. The number of benzene rings is 2. The van der Waals surface area contributed by atoms with Crippen LogP contribution in [-0.2, 0) is 9.59 Å². The Morgan fingerprint density at radius 2 is 1.88 bits per heavy atom. The van der Waals surface area contributed by atoms with Crippen LogP contribution in [0.1, 0.15) is 6.42 Å². The van der Waals surface area contributed by atoms with E-state index in [2.05, 4.69) is 25.9 Å². The first-order chi connectivity index (χ1) is 12.7. The molecule has 130 valence electrons. The van der Waals surface area contributed by atoms with Crippen molar-refractivity contribution in [3.05, 3.63) is 54.6 Å². The molecule has 1 aliphatic rings. The van der Waals surface area contributed by atoms with Gasteiger partial charge in [0.25, 0.3) is 0 Å². The minimum Gasteiger partial charge on any atom is -0.324 e. The number of anilines is 2. The molecule has 2 heterocycles. The average Bonchev–Trinajstić information content (AvgIpc) is 3.04. The molecule has 2 aromatic carbocycles. The molecule has 3 N–H and O–H groups in total. The van der Waals surface area contributed by atoms with Crippen LogP contribution in [0.5, 0.6) is 0 Å². The molecule has 8 heteroatoms. The van der Waals surface area contributed by atoms with Crippen molar-refractivity contribution in [3.8, 4) is 0 Å². The number of para-hydroxylation sites is 2. The van der Waals surface area contributed by atoms with Crippen LogP contribution >= 0.6 is 11.3 Å². The number of guanidine groups is 1. The Balaban J connectivity index is 1.51. The third kappa shape index (κ3) is 3.55. The van der Waals surface area contributed by atoms with E-state index in [1.165, 1.54) is 11.3 Å². The lowest BCUT2D eigenvalue weighted by Gasteiger charge is -2.20. The molecule has 0 fully saturated rings. The molecule has 0 saturated heterocycles. The summed E-state index contributed by atoms with van der Waals surface area (Å²) in [6.07, 6.45) is 0.00366. The maximum Gasteiger partial charge on any atom is 0.249 e. The van der Waals surface area contributed by atoms with Crippen LogP contribution in [0, 0.1) is 0 Å². The zero-order valence-corrected chi connectivity index (χ0v) is 14.4. The highest BCUT2D eigenvalue weighted by molar-refractivity contribution is 7.22. The fourth-order valence-electron chi connectivity index (χ4n) is 2.58. The van der Waals surface area contributed by atoms with Crippen molar-refractivity contribution in [2.75, 3.05) is 10.6 Å². The van der Waals surface area contributed by atoms with Crippen LogP contribution in [0.2, 0.25) is 0 Å². The molecule has 7 nitrogen and oxygen atoms in total. The molecule has 26 heavy (non-hydrogen) atoms. The number of amides is 2. The van der Waals surface area contributed by atoms with Gasteiger partial charge in [0, 0.05) is 5.69 Å². The fraction of sp³-hybridized carbons (Fsp3) is 0.111. The van der Waals surface area contributed by atoms with Gasteiger partial charge in [-0.2, -0.15) is 0 Å². The van der Waals surface area contributed by atoms with Crippen molar-refractivity contribution in [2.45, 2.75) is 12.5 Å². The van der Waals surface area contributed by atoms with E-state index in [9.17, 15) is 9.59 Å². The lowest BCUT2D eigenvalue weighted by Crippen LogP contribution is -2.45. The molecular weight excluding hydrogens is 350 g/mol. The molecule has 2 amide bonds. The molecule has 0 saturated carbocycles. The van der Waals surface area contributed by atoms with E-state index in [-0.39, 0.29) is 24.2 Å². The van der Waals surface area contributed by atoms with Crippen molar-refractivity contribution >= 4 is 50.1 Å². The minimum atomic E-state index is -0.791. The number of rotatable bonds is 3. The Morgan fingerprint density at radius 1 is 1.12 bits per heavy atom. The first-order valence-electron chi connectivity index (χ1n) is 8.03. The number of nitrogens with zero attached hydrogens (tertiary/aromatic N) is 2. The topological polar surface area (TPSA) is 95.5 Å². The summed E-state index contributed by atoms with van der Waals surface area (Å²) in [5.41, 5.74) is 1.53. The number of nitrogens with one attached hydrogen (secondary N) is 3. The van der Waals surface area contributed by atoms with Gasteiger partial charge < -0.3 is 10.6 Å². The normalized spacial score (nSPS) is 16.7. The molecule has 0 radical (unpaired) electrons. The van der Waals surface area contributed by atoms with Crippen LogP contribution in [0.15, 0.2) is 59.6 Å². The number of aromatic nitrogens is 1. The van der Waals surface area contributed by atoms with E-state index < -0.39 is 6.04 Å². The van der Waals surface area contributed by atoms with Crippen LogP contribution in [0.3, 0.4) is 0 Å². The largest absolute Gasteiger partial charge is 0.324 e. The zero-order chi connectivity index (χ0) is 17.9. The number of carbonyl (C=O) groups is 2. The molecule has 3 aromatic rings. The maximum atomic E-state index is 12.4. The lowest BCUT2D eigenvalue weighted by atomic mass is 10.1. The third-order valence-corrected chi connectivity index (χ3v) is 4.74. The molecular formula is C18H15N5O2S. The van der Waals surface area contributed by atoms with Gasteiger partial charge in [0.05, 0.1) is 16.6 Å². The van der Waals surface area contributed by atoms with Crippen LogP contribution in [-0.4, -0.2) is 28.8 Å². The van der Waals surface area contributed by atoms with Gasteiger partial charge in [0.1, 0.15) is 6.04 Å². The number of carbonyl (C=O) groups excluding carboxylic acids is 2. The lowest BCUT2D eigenvalue weighted by molar-refractivity contribution is -0.124. The first kappa shape index (κ1) is 16.2. The Bertz CT molecular complexity index is 966. The summed E-state index contributed by atoms with van der Waals surface area (Å²) in [7, 11) is 0. The molecule has 1 aromatic heterocycles. The average molecular weight is 365 g/mol. The van der Waals surface area contributed by atoms with Crippen LogP contribution in [0.4, 0.5) is 10.8 Å². The van der Waals surface area contributed by atoms with Gasteiger partial charge in [-0.15, -0.1) is 0 Å². The SMILES string of the molecule is O=C1CC(C(=O)Nc2ccccc2)N=C(Nc2nc3ccccc3s2)N1. The molecule has 0 bridgehead atoms. The molecule has 1 atom stereocenters. The van der Waals surface area contributed by atoms with Gasteiger partial charge in [-0.05, 0) is 24.3 Å². The highest BCUT2D eigenvalue weighted by atomic mass is 32.1. The Morgan fingerprint density at radius 3 is 2.69 bits per heavy atom. The zero-order valence-electron chi connectivity index (χ0n) is 13.6. The van der Waals surface area contributed by atoms with Crippen molar-refractivity contribution in [1.82, 2.24) is 10.3 Å². The summed E-state index contributed by atoms with van der Waals surface area (Å²) >= 11 is 1.45. The second-order valence-corrected chi connectivity index (χ2v) is 6.74. The van der Waals surface area contributed by atoms with E-state index in [1.807, 2.05) is 42.5 Å². The van der Waals surface area contributed by atoms with Gasteiger partial charge in [-0.3, -0.25) is 14.9 Å². The van der Waals surface area contributed by atoms with Crippen molar-refractivity contribution < 1.29 is 9.59 Å². The minimum absolute atomic E-state index is 0.00366. The Labute approximate surface area is 153 Å². The van der Waals surface area contributed by atoms with Gasteiger partial charge in [-0.1, -0.05) is 41.7 Å². The summed E-state index contributed by atoms with van der Waals surface area (Å²) in [6.45, 7) is 0. The second kappa shape index (κ2) is 6.93. The second-order valence-electron chi connectivity index (χ2n) is 5.71. The fourth-order valence-corrected chi connectivity index (χ4v) is 3.45. The quantitative estimate of drug-likeness (QED) is 0.665. The van der Waals surface area contributed by atoms with E-state index in [4.69, 9.17) is 0 Å². The molecule has 1 unspecified atom stereocenters. The predicted molar refractivity (Wildman–Crippen MR) is 102 cm³/mol. The number of hydrogen-bond donors (Lipinski definition) is 3. The van der Waals surface area contributed by atoms with Crippen molar-refractivity contribution in [3.63, 3.8) is 0 Å². The molecule has 0 spiro atoms. The maximum absolute atomic E-state index is 12.4. The van der Waals surface area contributed by atoms with Gasteiger partial charge in [-0.25, -0.2) is 9.98 Å². The van der Waals surface area contributed by atoms with Gasteiger partial charge in [0.2, 0.25) is 17.8 Å². The van der Waals surface area contributed by atoms with Crippen molar-refractivity contribution in [1.29, 1.82) is 0 Å². The number of fused-ring (bicyclic) bond motifs is 1. The standard InChI is InChI=1S/C18H15N5O2S/c24-15-10-13(16(25)19-11-6-2-1-3-7-11)20-17(22-15)23-18-21-12-8-4-5-9-14(12)26-18/h1-9,13H,10H2,(H,19,25)(H2,20,21,22,23,24). The Hall–Kier alpha value is -3.26. The monoisotopic (exact) mass is 365 g/mol. The molecule has 4 rings (SSSR count). The third-order valence-electron chi connectivity index (χ3n) is 3.78. The van der Waals surface area contributed by atoms with Crippen LogP contribution < -0.4 is 16.0 Å². The summed E-state index contributed by atoms with van der Waals surface area (Å²) in [5, 5.41) is 9.02. The first-order valence-corrected chi connectivity index (χ1v) is 8.85. The number of hydrogen-bond acceptors (Lipinski definition) is 6. The molecule has 1 aliphatic heterocycles. The van der Waals surface area contributed by atoms with E-state index in [1.54, 1.807) is 12.1 Å². The number of thiazole rings is 1. The van der Waals surface area contributed by atoms with Crippen LogP contribution in [0.25, 0.3) is 10.2 Å². The smallest absolute Gasteiger partial charge is 0.249 e. The molecule has 0 aliphatic carbocycles. The van der Waals surface area contributed by atoms with Crippen molar-refractivity contribution in [2.24, 2.45) is 4.99 Å². The number of aliphatic imine (C=N–C) groups is 1. The summed E-state index contributed by atoms with van der Waals surface area (Å²) < 4.78 is 1.02. The van der Waals surface area contributed by atoms with E-state index in [0.717, 1.165) is 10.2 Å². The Kier molecular flexibility index (Phi) is 4.32. The predicted octanol–water partition coefficient (Wildman–Crippen LogP) is 2.59. The van der Waals surface area contributed by atoms with E-state index in [0.29, 0.717) is 10.8 Å². The van der Waals surface area contributed by atoms with Gasteiger partial charge in [0.15, 0.2) is 5.13 Å².